The van der Waals surface area contributed by atoms with Gasteiger partial charge in [0.15, 0.2) is 5.69 Å². The molecule has 0 amide bonds. The van der Waals surface area contributed by atoms with E-state index in [0.717, 1.165) is 12.8 Å². The number of hydrogen-bond donors (Lipinski definition) is 1. The lowest BCUT2D eigenvalue weighted by Gasteiger charge is -2.15. The van der Waals surface area contributed by atoms with Crippen molar-refractivity contribution in [3.8, 4) is 0 Å². The summed E-state index contributed by atoms with van der Waals surface area (Å²) in [5.41, 5.74) is 0.0440. The molecule has 2 rings (SSSR count). The molecule has 0 aromatic carbocycles. The van der Waals surface area contributed by atoms with Gasteiger partial charge in [0, 0.05) is 19.3 Å². The molecule has 5 nitrogen and oxygen atoms in total. The normalized spacial score (nSPS) is 15.2. The molecule has 0 unspecified atom stereocenters. The third-order valence-electron chi connectivity index (χ3n) is 2.27. The molecule has 0 bridgehead atoms. The number of carboxylic acids is 1. The predicted molar refractivity (Wildman–Crippen MR) is 50.4 cm³/mol. The Kier molecular flexibility index (Phi) is 2.07. The molecule has 1 heterocycles. The lowest BCUT2D eigenvalue weighted by atomic mass is 10.4. The molecule has 5 heteroatoms. The summed E-state index contributed by atoms with van der Waals surface area (Å²) >= 11 is 0. The molecule has 1 N–H and O–H groups in total. The smallest absolute Gasteiger partial charge is 0.354 e. The van der Waals surface area contributed by atoms with Gasteiger partial charge in [-0.1, -0.05) is 0 Å². The van der Waals surface area contributed by atoms with Crippen molar-refractivity contribution >= 4 is 11.9 Å². The summed E-state index contributed by atoms with van der Waals surface area (Å²) in [5, 5.41) is 8.74. The van der Waals surface area contributed by atoms with Crippen molar-refractivity contribution in [2.24, 2.45) is 0 Å². The Hall–Kier alpha value is -1.65. The molecular weight excluding hydrogens is 182 g/mol. The second-order valence-electron chi connectivity index (χ2n) is 3.39. The summed E-state index contributed by atoms with van der Waals surface area (Å²) in [6.07, 6.45) is 3.75. The van der Waals surface area contributed by atoms with Crippen molar-refractivity contribution in [2.75, 3.05) is 11.9 Å². The van der Waals surface area contributed by atoms with Gasteiger partial charge in [0.05, 0.1) is 0 Å². The van der Waals surface area contributed by atoms with Gasteiger partial charge in [0.25, 0.3) is 0 Å². The van der Waals surface area contributed by atoms with Crippen LogP contribution in [0, 0.1) is 0 Å². The number of hydrogen-bond acceptors (Lipinski definition) is 4. The molecule has 0 saturated heterocycles. The number of aromatic nitrogens is 2. The number of nitrogens with zero attached hydrogens (tertiary/aromatic N) is 3. The number of aromatic carboxylic acids is 1. The number of anilines is 1. The second kappa shape index (κ2) is 3.25. The van der Waals surface area contributed by atoms with E-state index in [4.69, 9.17) is 5.11 Å². The maximum atomic E-state index is 10.7. The Labute approximate surface area is 81.4 Å². The van der Waals surface area contributed by atoms with Gasteiger partial charge in [-0.2, -0.15) is 0 Å². The number of carbonyl (C=O) groups is 1. The summed E-state index contributed by atoms with van der Waals surface area (Å²) in [6.45, 7) is 0. The second-order valence-corrected chi connectivity index (χ2v) is 3.39. The minimum atomic E-state index is -1.02. The van der Waals surface area contributed by atoms with E-state index >= 15 is 0 Å². The van der Waals surface area contributed by atoms with Gasteiger partial charge in [-0.05, 0) is 18.9 Å². The fourth-order valence-corrected chi connectivity index (χ4v) is 1.26. The summed E-state index contributed by atoms with van der Waals surface area (Å²) in [6, 6.07) is 1.88. The van der Waals surface area contributed by atoms with Crippen LogP contribution in [0.4, 0.5) is 5.95 Å². The van der Waals surface area contributed by atoms with Crippen molar-refractivity contribution in [1.82, 2.24) is 9.97 Å². The maximum absolute atomic E-state index is 10.7. The molecule has 1 aromatic heterocycles. The number of rotatable bonds is 3. The molecule has 0 atom stereocenters. The minimum absolute atomic E-state index is 0.0440. The first-order chi connectivity index (χ1) is 6.68. The Morgan fingerprint density at radius 3 is 2.93 bits per heavy atom. The zero-order valence-electron chi connectivity index (χ0n) is 7.84. The van der Waals surface area contributed by atoms with Crippen molar-refractivity contribution in [1.29, 1.82) is 0 Å². The zero-order chi connectivity index (χ0) is 10.1. The van der Waals surface area contributed by atoms with Gasteiger partial charge in [0.1, 0.15) is 0 Å². The third-order valence-corrected chi connectivity index (χ3v) is 2.27. The lowest BCUT2D eigenvalue weighted by Crippen LogP contribution is -2.22. The van der Waals surface area contributed by atoms with E-state index in [1.165, 1.54) is 12.3 Å². The van der Waals surface area contributed by atoms with Crippen LogP contribution in [0.3, 0.4) is 0 Å². The van der Waals surface area contributed by atoms with Gasteiger partial charge < -0.3 is 10.0 Å². The van der Waals surface area contributed by atoms with Gasteiger partial charge >= 0.3 is 5.97 Å². The summed E-state index contributed by atoms with van der Waals surface area (Å²) in [4.78, 5) is 20.6. The van der Waals surface area contributed by atoms with Crippen LogP contribution < -0.4 is 4.90 Å². The molecular formula is C9H11N3O2. The SMILES string of the molecule is CN(c1nccc(C(=O)O)n1)C1CC1. The van der Waals surface area contributed by atoms with E-state index in [2.05, 4.69) is 9.97 Å². The molecule has 1 aliphatic carbocycles. The summed E-state index contributed by atoms with van der Waals surface area (Å²) < 4.78 is 0. The van der Waals surface area contributed by atoms with Crippen molar-refractivity contribution in [2.45, 2.75) is 18.9 Å². The summed E-state index contributed by atoms with van der Waals surface area (Å²) in [7, 11) is 1.89. The van der Waals surface area contributed by atoms with E-state index < -0.39 is 5.97 Å². The highest BCUT2D eigenvalue weighted by molar-refractivity contribution is 5.85. The van der Waals surface area contributed by atoms with E-state index in [9.17, 15) is 4.79 Å². The Bertz CT molecular complexity index is 363. The first kappa shape index (κ1) is 8.93. The number of carboxylic acid groups (broad SMARTS) is 1. The molecule has 0 spiro atoms. The van der Waals surface area contributed by atoms with Gasteiger partial charge in [-0.15, -0.1) is 0 Å². The largest absolute Gasteiger partial charge is 0.477 e. The molecule has 74 valence electrons. The molecule has 1 aliphatic rings. The van der Waals surface area contributed by atoms with Crippen molar-refractivity contribution in [3.05, 3.63) is 18.0 Å². The third kappa shape index (κ3) is 1.66. The van der Waals surface area contributed by atoms with E-state index in [0.29, 0.717) is 12.0 Å². The van der Waals surface area contributed by atoms with Crippen LogP contribution in [0.15, 0.2) is 12.3 Å². The first-order valence-corrected chi connectivity index (χ1v) is 4.47. The van der Waals surface area contributed by atoms with Crippen molar-refractivity contribution in [3.63, 3.8) is 0 Å². The highest BCUT2D eigenvalue weighted by Gasteiger charge is 2.28. The van der Waals surface area contributed by atoms with E-state index in [1.54, 1.807) is 0 Å². The maximum Gasteiger partial charge on any atom is 0.354 e. The quantitative estimate of drug-likeness (QED) is 0.768. The molecule has 0 aliphatic heterocycles. The molecule has 1 saturated carbocycles. The Balaban J connectivity index is 2.24. The van der Waals surface area contributed by atoms with Crippen LogP contribution in [0.2, 0.25) is 0 Å². The molecule has 1 fully saturated rings. The van der Waals surface area contributed by atoms with E-state index in [1.807, 2.05) is 11.9 Å². The van der Waals surface area contributed by atoms with Crippen molar-refractivity contribution < 1.29 is 9.90 Å². The van der Waals surface area contributed by atoms with E-state index in [-0.39, 0.29) is 5.69 Å². The lowest BCUT2D eigenvalue weighted by molar-refractivity contribution is 0.0690. The van der Waals surface area contributed by atoms with Gasteiger partial charge in [-0.25, -0.2) is 14.8 Å². The van der Waals surface area contributed by atoms with Crippen LogP contribution >= 0.6 is 0 Å². The summed E-state index contributed by atoms with van der Waals surface area (Å²) in [5.74, 6) is -0.523. The molecule has 1 aromatic rings. The topological polar surface area (TPSA) is 66.3 Å². The first-order valence-electron chi connectivity index (χ1n) is 4.47. The van der Waals surface area contributed by atoms with Gasteiger partial charge in [-0.3, -0.25) is 0 Å². The van der Waals surface area contributed by atoms with Crippen LogP contribution in [0.1, 0.15) is 23.3 Å². The standard InChI is InChI=1S/C9H11N3O2/c1-12(6-2-3-6)9-10-5-4-7(11-9)8(13)14/h4-6H,2-3H2,1H3,(H,13,14). The highest BCUT2D eigenvalue weighted by Crippen LogP contribution is 2.27. The fourth-order valence-electron chi connectivity index (χ4n) is 1.26. The van der Waals surface area contributed by atoms with Crippen LogP contribution in [0.25, 0.3) is 0 Å². The minimum Gasteiger partial charge on any atom is -0.477 e. The molecule has 0 radical (unpaired) electrons. The Morgan fingerprint density at radius 2 is 2.36 bits per heavy atom. The van der Waals surface area contributed by atoms with Gasteiger partial charge in [0.2, 0.25) is 5.95 Å². The monoisotopic (exact) mass is 193 g/mol. The van der Waals surface area contributed by atoms with Crippen LogP contribution in [-0.4, -0.2) is 34.1 Å². The molecule has 14 heavy (non-hydrogen) atoms. The van der Waals surface area contributed by atoms with Crippen LogP contribution in [-0.2, 0) is 0 Å². The Morgan fingerprint density at radius 1 is 1.64 bits per heavy atom. The highest BCUT2D eigenvalue weighted by atomic mass is 16.4. The van der Waals surface area contributed by atoms with Crippen LogP contribution in [0.5, 0.6) is 0 Å². The fraction of sp³-hybridized carbons (Fsp3) is 0.444. The average Bonchev–Trinajstić information content (AvgIpc) is 3.00. The predicted octanol–water partition coefficient (Wildman–Crippen LogP) is 0.773. The zero-order valence-corrected chi connectivity index (χ0v) is 7.84. The average molecular weight is 193 g/mol.